The predicted molar refractivity (Wildman–Crippen MR) is 96.2 cm³/mol. The Kier molecular flexibility index (Phi) is 3.53. The Hall–Kier alpha value is -0.910. The van der Waals surface area contributed by atoms with Crippen LogP contribution in [0.1, 0.15) is 52.4 Å². The van der Waals surface area contributed by atoms with Gasteiger partial charge >= 0.3 is 0 Å². The van der Waals surface area contributed by atoms with Gasteiger partial charge in [-0.25, -0.2) is 0 Å². The Labute approximate surface area is 155 Å². The van der Waals surface area contributed by atoms with Crippen molar-refractivity contribution < 1.29 is 19.4 Å². The quantitative estimate of drug-likeness (QED) is 0.674. The van der Waals surface area contributed by atoms with Gasteiger partial charge in [-0.15, -0.1) is 0 Å². The summed E-state index contributed by atoms with van der Waals surface area (Å²) in [6, 6.07) is 0. The largest absolute Gasteiger partial charge is 0.393 e. The molecule has 3 unspecified atom stereocenters. The van der Waals surface area contributed by atoms with Crippen molar-refractivity contribution in [2.45, 2.75) is 69.8 Å². The Morgan fingerprint density at radius 1 is 1.23 bits per heavy atom. The first-order valence-corrected chi connectivity index (χ1v) is 10.2. The number of allylic oxidation sites excluding steroid dienone is 1. The fourth-order valence-electron chi connectivity index (χ4n) is 7.17. The summed E-state index contributed by atoms with van der Waals surface area (Å²) in [5.41, 5.74) is 1.20. The van der Waals surface area contributed by atoms with Crippen molar-refractivity contribution in [1.29, 1.82) is 0 Å². The molecule has 2 aliphatic heterocycles. The highest BCUT2D eigenvalue weighted by molar-refractivity contribution is 5.80. The lowest BCUT2D eigenvalue weighted by atomic mass is 9.48. The normalized spacial score (nSPS) is 49.6. The minimum atomic E-state index is -0.421. The summed E-state index contributed by atoms with van der Waals surface area (Å²) >= 11 is 0. The van der Waals surface area contributed by atoms with Crippen LogP contribution in [-0.4, -0.2) is 53.6 Å². The minimum Gasteiger partial charge on any atom is -0.393 e. The van der Waals surface area contributed by atoms with E-state index >= 15 is 0 Å². The Morgan fingerprint density at radius 2 is 1.96 bits per heavy atom. The van der Waals surface area contributed by atoms with E-state index in [0.717, 1.165) is 25.7 Å². The lowest BCUT2D eigenvalue weighted by Gasteiger charge is -2.60. The molecule has 2 saturated heterocycles. The summed E-state index contributed by atoms with van der Waals surface area (Å²) in [5, 5.41) is 11.3. The molecule has 4 fully saturated rings. The zero-order valence-corrected chi connectivity index (χ0v) is 16.2. The van der Waals surface area contributed by atoms with Gasteiger partial charge in [-0.2, -0.15) is 0 Å². The molecule has 5 nitrogen and oxygen atoms in total. The molecule has 144 valence electrons. The van der Waals surface area contributed by atoms with Crippen molar-refractivity contribution in [3.8, 4) is 0 Å². The molecular weight excluding hydrogens is 330 g/mol. The third-order valence-corrected chi connectivity index (χ3v) is 8.75. The maximum absolute atomic E-state index is 12.5. The van der Waals surface area contributed by atoms with Gasteiger partial charge in [-0.1, -0.05) is 18.6 Å². The van der Waals surface area contributed by atoms with Crippen molar-refractivity contribution in [3.05, 3.63) is 11.6 Å². The van der Waals surface area contributed by atoms with E-state index in [9.17, 15) is 9.90 Å². The van der Waals surface area contributed by atoms with Gasteiger partial charge in [0.2, 0.25) is 5.91 Å². The van der Waals surface area contributed by atoms with Gasteiger partial charge in [0.05, 0.1) is 19.3 Å². The van der Waals surface area contributed by atoms with Crippen LogP contribution in [0, 0.1) is 23.2 Å². The van der Waals surface area contributed by atoms with E-state index in [1.807, 2.05) is 11.9 Å². The maximum Gasteiger partial charge on any atom is 0.223 e. The van der Waals surface area contributed by atoms with Crippen molar-refractivity contribution in [3.63, 3.8) is 0 Å². The van der Waals surface area contributed by atoms with E-state index in [1.165, 1.54) is 5.57 Å². The van der Waals surface area contributed by atoms with Gasteiger partial charge < -0.3 is 19.5 Å². The second-order valence-corrected chi connectivity index (χ2v) is 9.75. The monoisotopic (exact) mass is 361 g/mol. The predicted octanol–water partition coefficient (Wildman–Crippen LogP) is 2.48. The number of fused-ring (bicyclic) bond motifs is 5. The van der Waals surface area contributed by atoms with E-state index in [1.54, 1.807) is 0 Å². The number of nitrogens with zero attached hydrogens (tertiary/aromatic N) is 1. The van der Waals surface area contributed by atoms with Crippen LogP contribution >= 0.6 is 0 Å². The summed E-state index contributed by atoms with van der Waals surface area (Å²) in [7, 11) is 1.92. The Balaban J connectivity index is 1.51. The van der Waals surface area contributed by atoms with Gasteiger partial charge in [0, 0.05) is 31.8 Å². The average Bonchev–Trinajstić information content (AvgIpc) is 3.13. The molecule has 5 heteroatoms. The van der Waals surface area contributed by atoms with Gasteiger partial charge in [0.1, 0.15) is 0 Å². The van der Waals surface area contributed by atoms with Gasteiger partial charge in [0.25, 0.3) is 0 Å². The molecule has 26 heavy (non-hydrogen) atoms. The molecule has 1 amide bonds. The second-order valence-electron chi connectivity index (χ2n) is 9.75. The van der Waals surface area contributed by atoms with Gasteiger partial charge in [0.15, 0.2) is 5.79 Å². The summed E-state index contributed by atoms with van der Waals surface area (Å²) in [6.45, 7) is 5.89. The summed E-state index contributed by atoms with van der Waals surface area (Å²) < 4.78 is 11.9. The number of carbonyl (C=O) groups excluding carboxylic acids is 1. The maximum atomic E-state index is 12.5. The first-order valence-electron chi connectivity index (χ1n) is 10.2. The molecule has 0 bridgehead atoms. The number of aliphatic hydroxyl groups is 1. The molecule has 3 aliphatic carbocycles. The molecule has 5 rings (SSSR count). The molecule has 1 spiro atoms. The summed E-state index contributed by atoms with van der Waals surface area (Å²) in [6.07, 6.45) is 7.06. The fraction of sp³-hybridized carbons (Fsp3) is 0.857. The molecule has 0 radical (unpaired) electrons. The number of hydrogen-bond acceptors (Lipinski definition) is 4. The first-order chi connectivity index (χ1) is 12.3. The van der Waals surface area contributed by atoms with Crippen molar-refractivity contribution >= 4 is 5.91 Å². The van der Waals surface area contributed by atoms with Crippen LogP contribution in [0.5, 0.6) is 0 Å². The van der Waals surface area contributed by atoms with Gasteiger partial charge in [-0.05, 0) is 49.4 Å². The van der Waals surface area contributed by atoms with E-state index < -0.39 is 5.79 Å². The lowest BCUT2D eigenvalue weighted by Crippen LogP contribution is -2.61. The highest BCUT2D eigenvalue weighted by Gasteiger charge is 2.63. The number of likely N-dealkylation sites (tertiary alicyclic amines) is 1. The summed E-state index contributed by atoms with van der Waals surface area (Å²) in [5.74, 6) is 0.776. The second kappa shape index (κ2) is 5.33. The molecule has 6 atom stereocenters. The number of rotatable bonds is 0. The summed E-state index contributed by atoms with van der Waals surface area (Å²) in [4.78, 5) is 14.4. The van der Waals surface area contributed by atoms with Crippen molar-refractivity contribution in [2.24, 2.45) is 23.2 Å². The van der Waals surface area contributed by atoms with E-state index in [0.29, 0.717) is 37.9 Å². The van der Waals surface area contributed by atoms with Crippen LogP contribution < -0.4 is 0 Å². The van der Waals surface area contributed by atoms with Gasteiger partial charge in [-0.3, -0.25) is 4.79 Å². The third-order valence-electron chi connectivity index (χ3n) is 8.75. The SMILES string of the molecule is CN1C(=O)CC2C3CC=C4CC5(CC[C@]4(C)C3[C@@H](O)C[C@@]21C)OCCO5. The molecule has 1 N–H and O–H groups in total. The van der Waals surface area contributed by atoms with Crippen LogP contribution in [0.15, 0.2) is 11.6 Å². The van der Waals surface area contributed by atoms with Crippen LogP contribution in [0.2, 0.25) is 0 Å². The zero-order valence-electron chi connectivity index (χ0n) is 16.2. The molecular formula is C21H31NO4. The average molecular weight is 361 g/mol. The zero-order chi connectivity index (χ0) is 18.3. The Bertz CT molecular complexity index is 669. The molecule has 0 aromatic carbocycles. The first kappa shape index (κ1) is 17.2. The number of carbonyl (C=O) groups is 1. The molecule has 0 aromatic rings. The minimum absolute atomic E-state index is 0.00552. The van der Waals surface area contributed by atoms with E-state index in [2.05, 4.69) is 19.9 Å². The number of hydrogen-bond donors (Lipinski definition) is 1. The number of amides is 1. The smallest absolute Gasteiger partial charge is 0.223 e. The van der Waals surface area contributed by atoms with Crippen LogP contribution in [0.25, 0.3) is 0 Å². The highest BCUT2D eigenvalue weighted by atomic mass is 16.7. The highest BCUT2D eigenvalue weighted by Crippen LogP contribution is 2.63. The fourth-order valence-corrected chi connectivity index (χ4v) is 7.17. The third kappa shape index (κ3) is 2.05. The number of ether oxygens (including phenoxy) is 2. The molecule has 5 aliphatic rings. The van der Waals surface area contributed by atoms with Crippen LogP contribution in [-0.2, 0) is 14.3 Å². The standard InChI is InChI=1S/C21H31NO4/c1-19-6-7-21(25-8-9-26-21)11-13(19)4-5-14-15-10-17(24)22(3)20(15,2)12-16(23)18(14)19/h4,14-16,18,23H,5-12H2,1-3H3/t14?,15?,16-,18?,19-,20-/m0/s1. The van der Waals surface area contributed by atoms with E-state index in [-0.39, 0.29) is 28.9 Å². The molecule has 2 saturated carbocycles. The van der Waals surface area contributed by atoms with E-state index in [4.69, 9.17) is 9.47 Å². The van der Waals surface area contributed by atoms with Crippen LogP contribution in [0.4, 0.5) is 0 Å². The van der Waals surface area contributed by atoms with Crippen molar-refractivity contribution in [2.75, 3.05) is 20.3 Å². The molecule has 0 aromatic heterocycles. The lowest BCUT2D eigenvalue weighted by molar-refractivity contribution is -0.192. The van der Waals surface area contributed by atoms with Crippen LogP contribution in [0.3, 0.4) is 0 Å². The Morgan fingerprint density at radius 3 is 2.69 bits per heavy atom. The molecule has 2 heterocycles. The number of aliphatic hydroxyl groups excluding tert-OH is 1. The van der Waals surface area contributed by atoms with Crippen molar-refractivity contribution in [1.82, 2.24) is 4.90 Å². The topological polar surface area (TPSA) is 59.0 Å².